The number of fused-ring (bicyclic) bond motifs is 1. The molecule has 0 amide bonds. The standard InChI is InChI=1S/C12H12O3S.K/c1-8-7-10-5-3-4-6-11(10)9(2)12(8)16(13,14)15;/h3-7H,1-2H3,(H,13,14,15);/q;+1/p-1. The molecule has 0 radical (unpaired) electrons. The largest absolute Gasteiger partial charge is 1.00 e. The first-order valence-electron chi connectivity index (χ1n) is 4.86. The van der Waals surface area contributed by atoms with Crippen molar-refractivity contribution < 1.29 is 64.4 Å². The molecule has 0 atom stereocenters. The van der Waals surface area contributed by atoms with Gasteiger partial charge in [-0.25, -0.2) is 8.42 Å². The molecule has 0 aliphatic rings. The first-order valence-corrected chi connectivity index (χ1v) is 6.27. The Morgan fingerprint density at radius 1 is 1.12 bits per heavy atom. The molecule has 5 heteroatoms. The Morgan fingerprint density at radius 3 is 2.29 bits per heavy atom. The molecule has 17 heavy (non-hydrogen) atoms. The Labute approximate surface area is 143 Å². The average Bonchev–Trinajstić information content (AvgIpc) is 2.15. The maximum Gasteiger partial charge on any atom is 1.00 e. The molecule has 3 nitrogen and oxygen atoms in total. The fourth-order valence-electron chi connectivity index (χ4n) is 2.07. The summed E-state index contributed by atoms with van der Waals surface area (Å²) >= 11 is 0. The summed E-state index contributed by atoms with van der Waals surface area (Å²) in [4.78, 5) is -0.0915. The Kier molecular flexibility index (Phi) is 4.94. The van der Waals surface area contributed by atoms with E-state index in [9.17, 15) is 13.0 Å². The van der Waals surface area contributed by atoms with Crippen molar-refractivity contribution in [2.45, 2.75) is 18.7 Å². The van der Waals surface area contributed by atoms with Gasteiger partial charge in [-0.3, -0.25) is 0 Å². The Bertz CT molecular complexity index is 663. The van der Waals surface area contributed by atoms with Crippen molar-refractivity contribution in [2.75, 3.05) is 0 Å². The SMILES string of the molecule is Cc1cc2ccccc2c(C)c1S(=O)(=O)[O-].[K+]. The van der Waals surface area contributed by atoms with Gasteiger partial charge in [0.05, 0.1) is 4.90 Å². The van der Waals surface area contributed by atoms with Crippen LogP contribution in [0.4, 0.5) is 0 Å². The zero-order valence-electron chi connectivity index (χ0n) is 10.0. The van der Waals surface area contributed by atoms with Crippen LogP contribution in [0.25, 0.3) is 10.8 Å². The van der Waals surface area contributed by atoms with E-state index in [-0.39, 0.29) is 56.3 Å². The van der Waals surface area contributed by atoms with E-state index < -0.39 is 10.1 Å². The second-order valence-electron chi connectivity index (χ2n) is 3.82. The van der Waals surface area contributed by atoms with Crippen LogP contribution in [0.2, 0.25) is 0 Å². The summed E-state index contributed by atoms with van der Waals surface area (Å²) < 4.78 is 33.5. The minimum Gasteiger partial charge on any atom is -0.744 e. The second-order valence-corrected chi connectivity index (χ2v) is 5.14. The molecule has 0 fully saturated rings. The molecule has 0 N–H and O–H groups in total. The molecule has 2 aromatic carbocycles. The van der Waals surface area contributed by atoms with E-state index in [1.807, 2.05) is 24.3 Å². The first-order chi connectivity index (χ1) is 7.41. The fourth-order valence-corrected chi connectivity index (χ4v) is 3.00. The second kappa shape index (κ2) is 5.48. The van der Waals surface area contributed by atoms with Crippen LogP contribution < -0.4 is 51.4 Å². The van der Waals surface area contributed by atoms with Gasteiger partial charge in [-0.1, -0.05) is 30.3 Å². The van der Waals surface area contributed by atoms with E-state index in [2.05, 4.69) is 0 Å². The summed E-state index contributed by atoms with van der Waals surface area (Å²) in [6, 6.07) is 9.15. The van der Waals surface area contributed by atoms with Gasteiger partial charge in [0.1, 0.15) is 10.1 Å². The topological polar surface area (TPSA) is 57.2 Å². The van der Waals surface area contributed by atoms with E-state index in [0.29, 0.717) is 11.1 Å². The molecule has 0 aromatic heterocycles. The van der Waals surface area contributed by atoms with Gasteiger partial charge in [0.15, 0.2) is 0 Å². The molecule has 0 saturated heterocycles. The van der Waals surface area contributed by atoms with E-state index in [1.54, 1.807) is 19.9 Å². The molecule has 0 bridgehead atoms. The number of rotatable bonds is 1. The van der Waals surface area contributed by atoms with Crippen molar-refractivity contribution in [3.05, 3.63) is 41.5 Å². The van der Waals surface area contributed by atoms with Gasteiger partial charge in [0.2, 0.25) is 0 Å². The van der Waals surface area contributed by atoms with E-state index in [4.69, 9.17) is 0 Å². The van der Waals surface area contributed by atoms with Crippen molar-refractivity contribution in [3.8, 4) is 0 Å². The van der Waals surface area contributed by atoms with E-state index in [0.717, 1.165) is 10.8 Å². The zero-order chi connectivity index (χ0) is 11.9. The number of hydrogen-bond acceptors (Lipinski definition) is 3. The van der Waals surface area contributed by atoms with Crippen molar-refractivity contribution in [1.82, 2.24) is 0 Å². The Morgan fingerprint density at radius 2 is 1.71 bits per heavy atom. The quantitative estimate of drug-likeness (QED) is 0.514. The molecule has 2 rings (SSSR count). The van der Waals surface area contributed by atoms with Crippen LogP contribution in [0.5, 0.6) is 0 Å². The molecule has 0 saturated carbocycles. The number of hydrogen-bond donors (Lipinski definition) is 0. The minimum absolute atomic E-state index is 0. The minimum atomic E-state index is -4.41. The van der Waals surface area contributed by atoms with Gasteiger partial charge in [0.25, 0.3) is 0 Å². The predicted octanol–water partition coefficient (Wildman–Crippen LogP) is -0.635. The summed E-state index contributed by atoms with van der Waals surface area (Å²) in [6.07, 6.45) is 0. The Balaban J connectivity index is 0.00000144. The summed E-state index contributed by atoms with van der Waals surface area (Å²) in [5.41, 5.74) is 1.04. The van der Waals surface area contributed by atoms with Crippen LogP contribution in [-0.4, -0.2) is 13.0 Å². The van der Waals surface area contributed by atoms with Crippen LogP contribution in [0, 0.1) is 13.8 Å². The molecule has 0 spiro atoms. The van der Waals surface area contributed by atoms with E-state index in [1.165, 1.54) is 0 Å². The zero-order valence-corrected chi connectivity index (χ0v) is 14.0. The molecule has 0 aliphatic heterocycles. The smallest absolute Gasteiger partial charge is 0.744 e. The van der Waals surface area contributed by atoms with Gasteiger partial charge in [0, 0.05) is 0 Å². The predicted molar refractivity (Wildman–Crippen MR) is 61.4 cm³/mol. The van der Waals surface area contributed by atoms with Gasteiger partial charge >= 0.3 is 51.4 Å². The molecule has 0 aliphatic carbocycles. The van der Waals surface area contributed by atoms with Gasteiger partial charge in [-0.15, -0.1) is 0 Å². The first kappa shape index (κ1) is 15.3. The summed E-state index contributed by atoms with van der Waals surface area (Å²) in [7, 11) is -4.41. The van der Waals surface area contributed by atoms with Crippen molar-refractivity contribution in [1.29, 1.82) is 0 Å². The van der Waals surface area contributed by atoms with Crippen molar-refractivity contribution in [3.63, 3.8) is 0 Å². The van der Waals surface area contributed by atoms with Crippen LogP contribution >= 0.6 is 0 Å². The fraction of sp³-hybridized carbons (Fsp3) is 0.167. The van der Waals surface area contributed by atoms with Crippen LogP contribution in [0.3, 0.4) is 0 Å². The van der Waals surface area contributed by atoms with Crippen LogP contribution in [-0.2, 0) is 10.1 Å². The number of aryl methyl sites for hydroxylation is 2. The van der Waals surface area contributed by atoms with Gasteiger partial charge < -0.3 is 4.55 Å². The summed E-state index contributed by atoms with van der Waals surface area (Å²) in [6.45, 7) is 3.31. The maximum atomic E-state index is 11.2. The Hall–Kier alpha value is 0.246. The van der Waals surface area contributed by atoms with Crippen molar-refractivity contribution >= 4 is 20.9 Å². The summed E-state index contributed by atoms with van der Waals surface area (Å²) in [5, 5.41) is 1.76. The normalized spacial score (nSPS) is 11.2. The molecule has 84 valence electrons. The third-order valence-corrected chi connectivity index (χ3v) is 3.81. The molecule has 0 unspecified atom stereocenters. The third kappa shape index (κ3) is 2.98. The molecular weight excluding hydrogens is 263 g/mol. The van der Waals surface area contributed by atoms with E-state index >= 15 is 0 Å². The molecule has 0 heterocycles. The van der Waals surface area contributed by atoms with Gasteiger partial charge in [-0.05, 0) is 35.7 Å². The van der Waals surface area contributed by atoms with Crippen LogP contribution in [0.15, 0.2) is 35.2 Å². The average molecular weight is 274 g/mol. The summed E-state index contributed by atoms with van der Waals surface area (Å²) in [5.74, 6) is 0. The molecule has 2 aromatic rings. The number of benzene rings is 2. The third-order valence-electron chi connectivity index (χ3n) is 2.69. The van der Waals surface area contributed by atoms with Gasteiger partial charge in [-0.2, -0.15) is 0 Å². The maximum absolute atomic E-state index is 11.2. The monoisotopic (exact) mass is 274 g/mol. The van der Waals surface area contributed by atoms with Crippen LogP contribution in [0.1, 0.15) is 11.1 Å². The molecular formula is C12H11KO3S. The van der Waals surface area contributed by atoms with Crippen molar-refractivity contribution in [2.24, 2.45) is 0 Å².